The van der Waals surface area contributed by atoms with E-state index in [9.17, 15) is 4.39 Å². The number of halogens is 1. The van der Waals surface area contributed by atoms with E-state index < -0.39 is 0 Å². The fourth-order valence-electron chi connectivity index (χ4n) is 1.44. The van der Waals surface area contributed by atoms with Crippen molar-refractivity contribution >= 4 is 17.4 Å². The summed E-state index contributed by atoms with van der Waals surface area (Å²) in [5, 5.41) is 4.07. The largest absolute Gasteiger partial charge is 0.398 e. The van der Waals surface area contributed by atoms with Gasteiger partial charge >= 0.3 is 0 Å². The number of aryl methyl sites for hydroxylation is 1. The van der Waals surface area contributed by atoms with Crippen LogP contribution in [0.5, 0.6) is 0 Å². The van der Waals surface area contributed by atoms with E-state index in [0.717, 1.165) is 17.3 Å². The minimum atomic E-state index is -0.279. The lowest BCUT2D eigenvalue weighted by Crippen LogP contribution is -2.02. The SMILES string of the molecule is CCn1ncnc1CSc1cc(F)ccc1N. The van der Waals surface area contributed by atoms with Gasteiger partial charge in [0.1, 0.15) is 18.0 Å². The first-order chi connectivity index (χ1) is 8.20. The minimum Gasteiger partial charge on any atom is -0.398 e. The molecule has 1 aromatic heterocycles. The Hall–Kier alpha value is -1.56. The Kier molecular flexibility index (Phi) is 3.63. The molecule has 2 aromatic rings. The Bertz CT molecular complexity index is 512. The van der Waals surface area contributed by atoms with E-state index in [-0.39, 0.29) is 5.82 Å². The minimum absolute atomic E-state index is 0.279. The van der Waals surface area contributed by atoms with Crippen LogP contribution in [0.25, 0.3) is 0 Å². The number of rotatable bonds is 4. The molecule has 0 atom stereocenters. The molecule has 0 fully saturated rings. The summed E-state index contributed by atoms with van der Waals surface area (Å²) in [6.45, 7) is 2.77. The van der Waals surface area contributed by atoms with Crippen molar-refractivity contribution < 1.29 is 4.39 Å². The van der Waals surface area contributed by atoms with Gasteiger partial charge in [0.15, 0.2) is 0 Å². The molecule has 17 heavy (non-hydrogen) atoms. The van der Waals surface area contributed by atoms with E-state index in [1.807, 2.05) is 11.6 Å². The molecule has 0 saturated heterocycles. The lowest BCUT2D eigenvalue weighted by Gasteiger charge is -2.05. The number of aromatic nitrogens is 3. The highest BCUT2D eigenvalue weighted by Crippen LogP contribution is 2.28. The average molecular weight is 252 g/mol. The normalized spacial score (nSPS) is 10.7. The third-order valence-electron chi connectivity index (χ3n) is 2.33. The molecule has 0 aliphatic heterocycles. The van der Waals surface area contributed by atoms with Gasteiger partial charge in [-0.2, -0.15) is 5.10 Å². The molecule has 0 aliphatic rings. The molecular weight excluding hydrogens is 239 g/mol. The Balaban J connectivity index is 2.09. The van der Waals surface area contributed by atoms with Gasteiger partial charge in [0.2, 0.25) is 0 Å². The fourth-order valence-corrected chi connectivity index (χ4v) is 2.38. The van der Waals surface area contributed by atoms with E-state index >= 15 is 0 Å². The molecule has 1 aromatic carbocycles. The monoisotopic (exact) mass is 252 g/mol. The van der Waals surface area contributed by atoms with Crippen molar-refractivity contribution in [2.24, 2.45) is 0 Å². The van der Waals surface area contributed by atoms with E-state index in [1.165, 1.54) is 30.2 Å². The first-order valence-electron chi connectivity index (χ1n) is 5.25. The summed E-state index contributed by atoms with van der Waals surface area (Å²) in [7, 11) is 0. The highest BCUT2D eigenvalue weighted by molar-refractivity contribution is 7.98. The summed E-state index contributed by atoms with van der Waals surface area (Å²) in [6, 6.07) is 4.36. The maximum Gasteiger partial charge on any atom is 0.138 e. The van der Waals surface area contributed by atoms with Crippen LogP contribution in [-0.2, 0) is 12.3 Å². The summed E-state index contributed by atoms with van der Waals surface area (Å²) >= 11 is 1.46. The number of thioether (sulfide) groups is 1. The molecular formula is C11H13FN4S. The van der Waals surface area contributed by atoms with E-state index in [0.29, 0.717) is 11.4 Å². The third kappa shape index (κ3) is 2.76. The van der Waals surface area contributed by atoms with E-state index in [4.69, 9.17) is 5.73 Å². The smallest absolute Gasteiger partial charge is 0.138 e. The molecule has 0 aliphatic carbocycles. The van der Waals surface area contributed by atoms with Crippen molar-refractivity contribution in [3.05, 3.63) is 36.2 Å². The zero-order valence-electron chi connectivity index (χ0n) is 9.43. The molecule has 2 rings (SSSR count). The molecule has 4 nitrogen and oxygen atoms in total. The van der Waals surface area contributed by atoms with Crippen LogP contribution in [0.4, 0.5) is 10.1 Å². The number of hydrogen-bond acceptors (Lipinski definition) is 4. The number of nitrogens with two attached hydrogens (primary N) is 1. The van der Waals surface area contributed by atoms with Crippen molar-refractivity contribution in [1.82, 2.24) is 14.8 Å². The molecule has 6 heteroatoms. The van der Waals surface area contributed by atoms with Gasteiger partial charge in [-0.25, -0.2) is 14.1 Å². The van der Waals surface area contributed by atoms with Crippen LogP contribution in [0.1, 0.15) is 12.7 Å². The van der Waals surface area contributed by atoms with Crippen LogP contribution in [-0.4, -0.2) is 14.8 Å². The lowest BCUT2D eigenvalue weighted by molar-refractivity contribution is 0.624. The number of anilines is 1. The number of hydrogen-bond donors (Lipinski definition) is 1. The molecule has 90 valence electrons. The van der Waals surface area contributed by atoms with Crippen LogP contribution in [0.2, 0.25) is 0 Å². The molecule has 1 heterocycles. The van der Waals surface area contributed by atoms with Gasteiger partial charge in [-0.05, 0) is 25.1 Å². The van der Waals surface area contributed by atoms with Crippen molar-refractivity contribution in [3.63, 3.8) is 0 Å². The highest BCUT2D eigenvalue weighted by Gasteiger charge is 2.06. The average Bonchev–Trinajstić information content (AvgIpc) is 2.77. The Morgan fingerprint density at radius 3 is 3.06 bits per heavy atom. The second-order valence-corrected chi connectivity index (χ2v) is 4.48. The number of nitrogen functional groups attached to an aromatic ring is 1. The van der Waals surface area contributed by atoms with Crippen LogP contribution in [0.3, 0.4) is 0 Å². The topological polar surface area (TPSA) is 56.7 Å². The molecule has 0 spiro atoms. The molecule has 0 amide bonds. The second kappa shape index (κ2) is 5.18. The van der Waals surface area contributed by atoms with Gasteiger partial charge in [-0.1, -0.05) is 0 Å². The van der Waals surface area contributed by atoms with Crippen LogP contribution in [0.15, 0.2) is 29.4 Å². The van der Waals surface area contributed by atoms with Gasteiger partial charge < -0.3 is 5.73 Å². The van der Waals surface area contributed by atoms with Gasteiger partial charge in [-0.3, -0.25) is 0 Å². The molecule has 0 bridgehead atoms. The van der Waals surface area contributed by atoms with Crippen LogP contribution < -0.4 is 5.73 Å². The van der Waals surface area contributed by atoms with E-state index in [2.05, 4.69) is 10.1 Å². The standard InChI is InChI=1S/C11H13FN4S/c1-2-16-11(14-7-15-16)6-17-10-5-8(12)3-4-9(10)13/h3-5,7H,2,6,13H2,1H3. The fraction of sp³-hybridized carbons (Fsp3) is 0.273. The highest BCUT2D eigenvalue weighted by atomic mass is 32.2. The maximum absolute atomic E-state index is 13.1. The van der Waals surface area contributed by atoms with Crippen molar-refractivity contribution in [2.45, 2.75) is 24.1 Å². The van der Waals surface area contributed by atoms with Crippen molar-refractivity contribution in [1.29, 1.82) is 0 Å². The summed E-state index contributed by atoms with van der Waals surface area (Å²) in [5.41, 5.74) is 6.35. The Morgan fingerprint density at radius 1 is 1.47 bits per heavy atom. The number of benzene rings is 1. The predicted molar refractivity (Wildman–Crippen MR) is 66.1 cm³/mol. The molecule has 2 N–H and O–H groups in total. The van der Waals surface area contributed by atoms with Crippen molar-refractivity contribution in [2.75, 3.05) is 5.73 Å². The van der Waals surface area contributed by atoms with Gasteiger partial charge in [0.25, 0.3) is 0 Å². The molecule has 0 radical (unpaired) electrons. The van der Waals surface area contributed by atoms with Crippen LogP contribution in [0, 0.1) is 5.82 Å². The first kappa shape index (κ1) is 11.9. The zero-order valence-corrected chi connectivity index (χ0v) is 10.2. The van der Waals surface area contributed by atoms with Gasteiger partial charge in [-0.15, -0.1) is 11.8 Å². The first-order valence-corrected chi connectivity index (χ1v) is 6.23. The van der Waals surface area contributed by atoms with E-state index in [1.54, 1.807) is 6.07 Å². The molecule has 0 unspecified atom stereocenters. The van der Waals surface area contributed by atoms with Gasteiger partial charge in [0, 0.05) is 17.1 Å². The summed E-state index contributed by atoms with van der Waals surface area (Å²) in [6.07, 6.45) is 1.52. The summed E-state index contributed by atoms with van der Waals surface area (Å²) in [5.74, 6) is 1.21. The molecule has 0 saturated carbocycles. The van der Waals surface area contributed by atoms with Crippen molar-refractivity contribution in [3.8, 4) is 0 Å². The third-order valence-corrected chi connectivity index (χ3v) is 3.39. The predicted octanol–water partition coefficient (Wildman–Crippen LogP) is 2.31. The summed E-state index contributed by atoms with van der Waals surface area (Å²) < 4.78 is 14.9. The maximum atomic E-state index is 13.1. The van der Waals surface area contributed by atoms with Crippen LogP contribution >= 0.6 is 11.8 Å². The number of nitrogens with zero attached hydrogens (tertiary/aromatic N) is 3. The van der Waals surface area contributed by atoms with Gasteiger partial charge in [0.05, 0.1) is 5.75 Å². The zero-order chi connectivity index (χ0) is 12.3. The Morgan fingerprint density at radius 2 is 2.29 bits per heavy atom. The Labute approximate surface area is 103 Å². The second-order valence-electron chi connectivity index (χ2n) is 3.46. The summed E-state index contributed by atoms with van der Waals surface area (Å²) in [4.78, 5) is 4.88. The quantitative estimate of drug-likeness (QED) is 0.670. The lowest BCUT2D eigenvalue weighted by atomic mass is 10.3.